The average molecular weight is 420 g/mol. The Morgan fingerprint density at radius 3 is 2.03 bits per heavy atom. The van der Waals surface area contributed by atoms with Gasteiger partial charge in [-0.25, -0.2) is 4.79 Å². The van der Waals surface area contributed by atoms with Crippen LogP contribution in [-0.2, 0) is 9.53 Å². The Labute approximate surface area is 185 Å². The van der Waals surface area contributed by atoms with Gasteiger partial charge in [0.15, 0.2) is 0 Å². The molecule has 2 aliphatic carbocycles. The van der Waals surface area contributed by atoms with E-state index in [0.717, 1.165) is 12.8 Å². The summed E-state index contributed by atoms with van der Waals surface area (Å²) >= 11 is 0. The fraction of sp³-hybridized carbons (Fsp3) is 0.481. The summed E-state index contributed by atoms with van der Waals surface area (Å²) in [6.45, 7) is 8.43. The van der Waals surface area contributed by atoms with Gasteiger partial charge in [0, 0.05) is 31.3 Å². The molecule has 0 heterocycles. The molecule has 2 aromatic rings. The minimum atomic E-state index is -0.553. The van der Waals surface area contributed by atoms with Crippen molar-refractivity contribution in [1.82, 2.24) is 4.90 Å². The van der Waals surface area contributed by atoms with E-state index in [9.17, 15) is 9.59 Å². The van der Waals surface area contributed by atoms with Crippen molar-refractivity contribution in [2.24, 2.45) is 5.92 Å². The first kappa shape index (κ1) is 21.6. The van der Waals surface area contributed by atoms with Gasteiger partial charge in [0.25, 0.3) is 0 Å². The van der Waals surface area contributed by atoms with Gasteiger partial charge in [-0.2, -0.15) is 0 Å². The van der Waals surface area contributed by atoms with Gasteiger partial charge < -0.3 is 9.64 Å². The predicted molar refractivity (Wildman–Crippen MR) is 123 cm³/mol. The molecule has 0 spiro atoms. The van der Waals surface area contributed by atoms with Crippen molar-refractivity contribution in [1.29, 1.82) is 0 Å². The van der Waals surface area contributed by atoms with E-state index in [4.69, 9.17) is 4.74 Å². The second-order valence-electron chi connectivity index (χ2n) is 9.98. The molecule has 2 aromatic carbocycles. The fourth-order valence-corrected chi connectivity index (χ4v) is 5.08. The highest BCUT2D eigenvalue weighted by Gasteiger charge is 2.37. The SMILES string of the molecule is CC(C1CCC(=O)CC1)N(CC1c2ccccc2-c2ccccc21)C(=O)OC(C)(C)C. The lowest BCUT2D eigenvalue weighted by Crippen LogP contribution is -2.47. The molecule has 164 valence electrons. The second kappa shape index (κ2) is 8.49. The lowest BCUT2D eigenvalue weighted by Gasteiger charge is -2.38. The number of Topliss-reactive ketones (excluding diaryl/α,β-unsaturated/α-hetero) is 1. The summed E-state index contributed by atoms with van der Waals surface area (Å²) in [6.07, 6.45) is 2.66. The van der Waals surface area contributed by atoms with Crippen LogP contribution in [0.2, 0.25) is 0 Å². The third kappa shape index (κ3) is 4.53. The summed E-state index contributed by atoms with van der Waals surface area (Å²) in [5, 5.41) is 0. The third-order valence-electron chi connectivity index (χ3n) is 6.73. The van der Waals surface area contributed by atoms with Crippen LogP contribution >= 0.6 is 0 Å². The van der Waals surface area contributed by atoms with E-state index in [1.807, 2.05) is 25.7 Å². The number of benzene rings is 2. The average Bonchev–Trinajstić information content (AvgIpc) is 3.04. The molecule has 1 unspecified atom stereocenters. The van der Waals surface area contributed by atoms with E-state index >= 15 is 0 Å². The van der Waals surface area contributed by atoms with E-state index in [-0.39, 0.29) is 18.1 Å². The first-order chi connectivity index (χ1) is 14.7. The number of hydrogen-bond acceptors (Lipinski definition) is 3. The predicted octanol–water partition coefficient (Wildman–Crippen LogP) is 6.18. The topological polar surface area (TPSA) is 46.6 Å². The molecule has 0 aliphatic heterocycles. The number of amides is 1. The molecule has 1 amide bonds. The van der Waals surface area contributed by atoms with Crippen molar-refractivity contribution >= 4 is 11.9 Å². The summed E-state index contributed by atoms with van der Waals surface area (Å²) in [7, 11) is 0. The molecule has 0 saturated heterocycles. The van der Waals surface area contributed by atoms with Gasteiger partial charge >= 0.3 is 6.09 Å². The van der Waals surface area contributed by atoms with E-state index in [1.54, 1.807) is 0 Å². The smallest absolute Gasteiger partial charge is 0.410 e. The number of nitrogens with zero attached hydrogens (tertiary/aromatic N) is 1. The van der Waals surface area contributed by atoms with Crippen LogP contribution in [0.25, 0.3) is 11.1 Å². The maximum absolute atomic E-state index is 13.4. The number of hydrogen-bond donors (Lipinski definition) is 0. The zero-order valence-corrected chi connectivity index (χ0v) is 19.1. The van der Waals surface area contributed by atoms with Gasteiger partial charge in [-0.15, -0.1) is 0 Å². The standard InChI is InChI=1S/C27H33NO3/c1-18(19-13-15-20(29)16-14-19)28(26(30)31-27(2,3)4)17-25-23-11-7-5-9-21(23)22-10-6-8-12-24(22)25/h5-12,18-19,25H,13-17H2,1-4H3. The van der Waals surface area contributed by atoms with Gasteiger partial charge in [-0.05, 0) is 68.7 Å². The van der Waals surface area contributed by atoms with Gasteiger partial charge in [-0.3, -0.25) is 4.79 Å². The molecule has 31 heavy (non-hydrogen) atoms. The molecular weight excluding hydrogens is 386 g/mol. The van der Waals surface area contributed by atoms with E-state index in [2.05, 4.69) is 55.5 Å². The molecule has 4 nitrogen and oxygen atoms in total. The normalized spacial score (nSPS) is 17.7. The van der Waals surface area contributed by atoms with Gasteiger partial charge in [0.05, 0.1) is 0 Å². The fourth-order valence-electron chi connectivity index (χ4n) is 5.08. The van der Waals surface area contributed by atoms with E-state index in [0.29, 0.717) is 31.1 Å². The van der Waals surface area contributed by atoms with Crippen molar-refractivity contribution < 1.29 is 14.3 Å². The first-order valence-corrected chi connectivity index (χ1v) is 11.4. The molecule has 4 heteroatoms. The molecule has 0 bridgehead atoms. The molecular formula is C27H33NO3. The number of carbonyl (C=O) groups excluding carboxylic acids is 2. The highest BCUT2D eigenvalue weighted by Crippen LogP contribution is 2.45. The summed E-state index contributed by atoms with van der Waals surface area (Å²) in [6, 6.07) is 17.0. The van der Waals surface area contributed by atoms with Crippen molar-refractivity contribution in [2.75, 3.05) is 6.54 Å². The number of rotatable bonds is 4. The Hall–Kier alpha value is -2.62. The van der Waals surface area contributed by atoms with Crippen LogP contribution in [0.1, 0.15) is 70.4 Å². The quantitative estimate of drug-likeness (QED) is 0.594. The second-order valence-corrected chi connectivity index (χ2v) is 9.98. The molecule has 2 aliphatic rings. The summed E-state index contributed by atoms with van der Waals surface area (Å²) < 4.78 is 5.84. The zero-order chi connectivity index (χ0) is 22.2. The largest absolute Gasteiger partial charge is 0.444 e. The maximum Gasteiger partial charge on any atom is 0.410 e. The lowest BCUT2D eigenvalue weighted by atomic mass is 9.83. The lowest BCUT2D eigenvalue weighted by molar-refractivity contribution is -0.121. The van der Waals surface area contributed by atoms with Crippen LogP contribution in [0.15, 0.2) is 48.5 Å². The molecule has 4 rings (SSSR count). The molecule has 1 fully saturated rings. The van der Waals surface area contributed by atoms with Crippen LogP contribution in [0.3, 0.4) is 0 Å². The summed E-state index contributed by atoms with van der Waals surface area (Å²) in [4.78, 5) is 27.1. The Bertz CT molecular complexity index is 919. The highest BCUT2D eigenvalue weighted by atomic mass is 16.6. The van der Waals surface area contributed by atoms with Crippen LogP contribution in [-0.4, -0.2) is 35.0 Å². The first-order valence-electron chi connectivity index (χ1n) is 11.4. The third-order valence-corrected chi connectivity index (χ3v) is 6.73. The van der Waals surface area contributed by atoms with Crippen LogP contribution in [0, 0.1) is 5.92 Å². The molecule has 0 N–H and O–H groups in total. The Kier molecular flexibility index (Phi) is 5.92. The Morgan fingerprint density at radius 2 is 1.52 bits per heavy atom. The molecule has 1 atom stereocenters. The minimum Gasteiger partial charge on any atom is -0.444 e. The van der Waals surface area contributed by atoms with Crippen LogP contribution in [0.5, 0.6) is 0 Å². The molecule has 1 saturated carbocycles. The van der Waals surface area contributed by atoms with Crippen LogP contribution < -0.4 is 0 Å². The number of ketones is 1. The minimum absolute atomic E-state index is 0.0166. The van der Waals surface area contributed by atoms with Gasteiger partial charge in [0.1, 0.15) is 11.4 Å². The summed E-state index contributed by atoms with van der Waals surface area (Å²) in [5.74, 6) is 0.774. The van der Waals surface area contributed by atoms with Crippen molar-refractivity contribution in [3.63, 3.8) is 0 Å². The number of ether oxygens (including phenoxy) is 1. The van der Waals surface area contributed by atoms with Gasteiger partial charge in [0.2, 0.25) is 0 Å². The monoisotopic (exact) mass is 419 g/mol. The van der Waals surface area contributed by atoms with E-state index < -0.39 is 5.60 Å². The molecule has 0 aromatic heterocycles. The Balaban J connectivity index is 1.66. The van der Waals surface area contributed by atoms with Gasteiger partial charge in [-0.1, -0.05) is 48.5 Å². The highest BCUT2D eigenvalue weighted by molar-refractivity contribution is 5.80. The van der Waals surface area contributed by atoms with Crippen molar-refractivity contribution in [2.45, 2.75) is 70.9 Å². The number of carbonyl (C=O) groups is 2. The van der Waals surface area contributed by atoms with E-state index in [1.165, 1.54) is 22.3 Å². The summed E-state index contributed by atoms with van der Waals surface area (Å²) in [5.41, 5.74) is 4.49. The zero-order valence-electron chi connectivity index (χ0n) is 19.1. The Morgan fingerprint density at radius 1 is 1.00 bits per heavy atom. The maximum atomic E-state index is 13.4. The number of fused-ring (bicyclic) bond motifs is 3. The van der Waals surface area contributed by atoms with Crippen LogP contribution in [0.4, 0.5) is 4.79 Å². The molecule has 0 radical (unpaired) electrons. The van der Waals surface area contributed by atoms with Crippen molar-refractivity contribution in [3.8, 4) is 11.1 Å². The van der Waals surface area contributed by atoms with Crippen molar-refractivity contribution in [3.05, 3.63) is 59.7 Å².